The highest BCUT2D eigenvalue weighted by Gasteiger charge is 2.40. The summed E-state index contributed by atoms with van der Waals surface area (Å²) in [6.45, 7) is 0.627. The normalized spacial score (nSPS) is 20.4. The summed E-state index contributed by atoms with van der Waals surface area (Å²) in [7, 11) is 2.02. The maximum absolute atomic E-state index is 5.61. The molecule has 1 aliphatic rings. The van der Waals surface area contributed by atoms with Crippen molar-refractivity contribution >= 4 is 17.3 Å². The van der Waals surface area contributed by atoms with Crippen LogP contribution in [0.1, 0.15) is 29.1 Å². The van der Waals surface area contributed by atoms with Crippen LogP contribution in [0.2, 0.25) is 0 Å². The third-order valence-electron chi connectivity index (χ3n) is 4.30. The maximum atomic E-state index is 5.61. The molecule has 4 heterocycles. The van der Waals surface area contributed by atoms with Gasteiger partial charge < -0.3 is 19.2 Å². The lowest BCUT2D eigenvalue weighted by atomic mass is 9.99. The van der Waals surface area contributed by atoms with E-state index in [0.717, 1.165) is 16.6 Å². The van der Waals surface area contributed by atoms with E-state index in [4.69, 9.17) is 16.6 Å². The summed E-state index contributed by atoms with van der Waals surface area (Å²) >= 11 is 5.61. The van der Waals surface area contributed by atoms with Crippen molar-refractivity contribution < 1.29 is 4.42 Å². The van der Waals surface area contributed by atoms with Crippen LogP contribution in [0.5, 0.6) is 0 Å². The first-order valence-electron chi connectivity index (χ1n) is 7.85. The zero-order valence-corrected chi connectivity index (χ0v) is 14.1. The van der Waals surface area contributed by atoms with Crippen LogP contribution < -0.4 is 5.32 Å². The summed E-state index contributed by atoms with van der Waals surface area (Å²) in [5.74, 6) is 0.891. The number of thiocarbonyl (C=S) groups is 1. The molecule has 1 aliphatic heterocycles. The number of furan rings is 1. The summed E-state index contributed by atoms with van der Waals surface area (Å²) in [5.41, 5.74) is 2.18. The molecular formula is C18H18N4OS. The van der Waals surface area contributed by atoms with Crippen molar-refractivity contribution in [1.29, 1.82) is 0 Å². The van der Waals surface area contributed by atoms with Gasteiger partial charge in [0.1, 0.15) is 5.76 Å². The van der Waals surface area contributed by atoms with Gasteiger partial charge in [-0.05, 0) is 48.1 Å². The molecule has 0 radical (unpaired) electrons. The molecule has 24 heavy (non-hydrogen) atoms. The van der Waals surface area contributed by atoms with Gasteiger partial charge in [-0.3, -0.25) is 4.98 Å². The van der Waals surface area contributed by atoms with Gasteiger partial charge in [0, 0.05) is 25.6 Å². The number of rotatable bonds is 4. The number of nitrogens with zero attached hydrogens (tertiary/aromatic N) is 3. The van der Waals surface area contributed by atoms with Crippen molar-refractivity contribution in [3.63, 3.8) is 0 Å². The molecule has 2 atom stereocenters. The van der Waals surface area contributed by atoms with Crippen molar-refractivity contribution in [2.24, 2.45) is 7.05 Å². The fourth-order valence-corrected chi connectivity index (χ4v) is 3.51. The van der Waals surface area contributed by atoms with E-state index in [2.05, 4.69) is 38.2 Å². The average molecular weight is 338 g/mol. The molecule has 3 aromatic rings. The summed E-state index contributed by atoms with van der Waals surface area (Å²) < 4.78 is 7.58. The predicted molar refractivity (Wildman–Crippen MR) is 95.1 cm³/mol. The number of aromatic nitrogens is 2. The van der Waals surface area contributed by atoms with Crippen LogP contribution in [0.15, 0.2) is 65.7 Å². The molecule has 4 rings (SSSR count). The van der Waals surface area contributed by atoms with Crippen molar-refractivity contribution in [2.75, 3.05) is 0 Å². The molecule has 0 aromatic carbocycles. The van der Waals surface area contributed by atoms with Crippen molar-refractivity contribution in [1.82, 2.24) is 19.8 Å². The predicted octanol–water partition coefficient (Wildman–Crippen LogP) is 3.19. The molecule has 0 aliphatic carbocycles. The second kappa shape index (κ2) is 6.13. The minimum atomic E-state index is 0.0102. The zero-order valence-electron chi connectivity index (χ0n) is 13.3. The molecule has 1 N–H and O–H groups in total. The lowest BCUT2D eigenvalue weighted by Crippen LogP contribution is -2.28. The number of nitrogens with one attached hydrogen (secondary N) is 1. The van der Waals surface area contributed by atoms with E-state index in [1.165, 1.54) is 5.56 Å². The van der Waals surface area contributed by atoms with E-state index < -0.39 is 0 Å². The molecule has 3 aromatic heterocycles. The standard InChI is InChI=1S/C18H18N4OS/c1-21-9-7-13(11-21)17-16(15-6-2-3-8-19-15)20-18(24)22(17)12-14-5-4-10-23-14/h2-11,16-17H,12H2,1H3,(H,20,24)/t16-,17+/m1/s1. The summed E-state index contributed by atoms with van der Waals surface area (Å²) in [6.07, 6.45) is 7.69. The molecule has 0 spiro atoms. The molecule has 1 saturated heterocycles. The topological polar surface area (TPSA) is 46.2 Å². The smallest absolute Gasteiger partial charge is 0.170 e. The van der Waals surface area contributed by atoms with Gasteiger partial charge in [-0.1, -0.05) is 6.07 Å². The Morgan fingerprint density at radius 1 is 1.25 bits per heavy atom. The zero-order chi connectivity index (χ0) is 16.5. The SMILES string of the molecule is Cn1ccc([C@H]2[C@@H](c3ccccn3)NC(=S)N2Cc2ccco2)c1. The summed E-state index contributed by atoms with van der Waals surface area (Å²) in [6, 6.07) is 12.0. The molecule has 0 amide bonds. The first kappa shape index (κ1) is 15.0. The van der Waals surface area contributed by atoms with Crippen molar-refractivity contribution in [3.05, 3.63) is 78.3 Å². The molecule has 122 valence electrons. The van der Waals surface area contributed by atoms with E-state index in [0.29, 0.717) is 6.54 Å². The van der Waals surface area contributed by atoms with Gasteiger partial charge in [0.25, 0.3) is 0 Å². The largest absolute Gasteiger partial charge is 0.467 e. The highest BCUT2D eigenvalue weighted by atomic mass is 32.1. The Morgan fingerprint density at radius 3 is 2.83 bits per heavy atom. The van der Waals surface area contributed by atoms with Gasteiger partial charge in [-0.25, -0.2) is 0 Å². The average Bonchev–Trinajstić information content (AvgIpc) is 3.31. The molecule has 0 bridgehead atoms. The van der Waals surface area contributed by atoms with Crippen LogP contribution in [0.4, 0.5) is 0 Å². The van der Waals surface area contributed by atoms with Crippen LogP contribution >= 0.6 is 12.2 Å². The Hall–Kier alpha value is -2.60. The third-order valence-corrected chi connectivity index (χ3v) is 4.65. The second-order valence-corrected chi connectivity index (χ2v) is 6.33. The fourth-order valence-electron chi connectivity index (χ4n) is 3.21. The van der Waals surface area contributed by atoms with Crippen molar-refractivity contribution in [2.45, 2.75) is 18.6 Å². The van der Waals surface area contributed by atoms with E-state index in [1.54, 1.807) is 6.26 Å². The Balaban J connectivity index is 1.73. The quantitative estimate of drug-likeness (QED) is 0.740. The van der Waals surface area contributed by atoms with E-state index in [-0.39, 0.29) is 12.1 Å². The lowest BCUT2D eigenvalue weighted by Gasteiger charge is -2.26. The minimum Gasteiger partial charge on any atom is -0.467 e. The van der Waals surface area contributed by atoms with Crippen molar-refractivity contribution in [3.8, 4) is 0 Å². The molecule has 0 unspecified atom stereocenters. The first-order chi connectivity index (χ1) is 11.7. The molecule has 0 saturated carbocycles. The molecule has 5 nitrogen and oxygen atoms in total. The van der Waals surface area contributed by atoms with Crippen LogP contribution in [-0.2, 0) is 13.6 Å². The van der Waals surface area contributed by atoms with Gasteiger partial charge in [0.2, 0.25) is 0 Å². The lowest BCUT2D eigenvalue weighted by molar-refractivity contribution is 0.287. The van der Waals surface area contributed by atoms with E-state index >= 15 is 0 Å². The molecule has 6 heteroatoms. The Labute approximate surface area is 145 Å². The second-order valence-electron chi connectivity index (χ2n) is 5.94. The van der Waals surface area contributed by atoms with E-state index in [1.807, 2.05) is 43.6 Å². The van der Waals surface area contributed by atoms with Gasteiger partial charge in [0.05, 0.1) is 30.6 Å². The highest BCUT2D eigenvalue weighted by Crippen LogP contribution is 2.39. The van der Waals surface area contributed by atoms with Crippen LogP contribution in [-0.4, -0.2) is 19.6 Å². The van der Waals surface area contributed by atoms with Crippen LogP contribution in [0.3, 0.4) is 0 Å². The Bertz CT molecular complexity index is 828. The Kier molecular flexibility index (Phi) is 3.82. The number of hydrogen-bond acceptors (Lipinski definition) is 3. The number of hydrogen-bond donors (Lipinski definition) is 1. The fraction of sp³-hybridized carbons (Fsp3) is 0.222. The van der Waals surface area contributed by atoms with Gasteiger partial charge in [-0.2, -0.15) is 0 Å². The highest BCUT2D eigenvalue weighted by molar-refractivity contribution is 7.80. The van der Waals surface area contributed by atoms with Gasteiger partial charge >= 0.3 is 0 Å². The van der Waals surface area contributed by atoms with Crippen LogP contribution in [0, 0.1) is 0 Å². The molecule has 1 fully saturated rings. The third kappa shape index (κ3) is 2.69. The van der Waals surface area contributed by atoms with Crippen LogP contribution in [0.25, 0.3) is 0 Å². The monoisotopic (exact) mass is 338 g/mol. The van der Waals surface area contributed by atoms with Gasteiger partial charge in [-0.15, -0.1) is 0 Å². The minimum absolute atomic E-state index is 0.0102. The maximum Gasteiger partial charge on any atom is 0.170 e. The van der Waals surface area contributed by atoms with E-state index in [9.17, 15) is 0 Å². The Morgan fingerprint density at radius 2 is 2.17 bits per heavy atom. The number of pyridine rings is 1. The summed E-state index contributed by atoms with van der Waals surface area (Å²) in [4.78, 5) is 6.70. The summed E-state index contributed by atoms with van der Waals surface area (Å²) in [5, 5.41) is 4.15. The van der Waals surface area contributed by atoms with Gasteiger partial charge in [0.15, 0.2) is 5.11 Å². The number of aryl methyl sites for hydroxylation is 1. The molecular weight excluding hydrogens is 320 g/mol. The first-order valence-corrected chi connectivity index (χ1v) is 8.25.